The van der Waals surface area contributed by atoms with E-state index in [9.17, 15) is 14.4 Å². The molecule has 0 aliphatic carbocycles. The van der Waals surface area contributed by atoms with E-state index < -0.39 is 11.9 Å². The number of likely N-dealkylation sites (tertiary alicyclic amines) is 2. The minimum Gasteiger partial charge on any atom is -0.465 e. The summed E-state index contributed by atoms with van der Waals surface area (Å²) in [5.74, 6) is 0.952. The number of ether oxygens (including phenoxy) is 2. The van der Waals surface area contributed by atoms with E-state index in [0.717, 1.165) is 44.3 Å². The van der Waals surface area contributed by atoms with Gasteiger partial charge in [-0.2, -0.15) is 0 Å². The summed E-state index contributed by atoms with van der Waals surface area (Å²) >= 11 is 0. The Balaban J connectivity index is 1.59. The van der Waals surface area contributed by atoms with Gasteiger partial charge in [-0.05, 0) is 55.2 Å². The second kappa shape index (κ2) is 10.8. The SMILES string of the molecule is COC(=O)c1ccc(C(=O)OC)c(NC(=O)N2CCC(CN3C[C@H](C)C[C@H](C)C3)CC2)c1. The van der Waals surface area contributed by atoms with E-state index in [1.54, 1.807) is 4.90 Å². The fourth-order valence-corrected chi connectivity index (χ4v) is 5.00. The summed E-state index contributed by atoms with van der Waals surface area (Å²) in [5.41, 5.74) is 0.680. The van der Waals surface area contributed by atoms with Gasteiger partial charge in [0.25, 0.3) is 0 Å². The van der Waals surface area contributed by atoms with Crippen molar-refractivity contribution in [1.29, 1.82) is 0 Å². The van der Waals surface area contributed by atoms with Gasteiger partial charge in [0.2, 0.25) is 0 Å². The molecule has 32 heavy (non-hydrogen) atoms. The van der Waals surface area contributed by atoms with Crippen LogP contribution in [0.15, 0.2) is 18.2 Å². The van der Waals surface area contributed by atoms with E-state index in [-0.39, 0.29) is 22.8 Å². The van der Waals surface area contributed by atoms with Crippen molar-refractivity contribution >= 4 is 23.7 Å². The Labute approximate surface area is 190 Å². The maximum absolute atomic E-state index is 12.9. The molecule has 2 aliphatic heterocycles. The van der Waals surface area contributed by atoms with Crippen LogP contribution in [0.1, 0.15) is 53.8 Å². The van der Waals surface area contributed by atoms with Crippen molar-refractivity contribution in [1.82, 2.24) is 9.80 Å². The van der Waals surface area contributed by atoms with Crippen molar-refractivity contribution in [2.45, 2.75) is 33.1 Å². The molecule has 0 saturated carbocycles. The lowest BCUT2D eigenvalue weighted by Gasteiger charge is -2.39. The van der Waals surface area contributed by atoms with Crippen LogP contribution in [-0.4, -0.2) is 74.7 Å². The number of anilines is 1. The number of urea groups is 1. The number of hydrogen-bond donors (Lipinski definition) is 1. The summed E-state index contributed by atoms with van der Waals surface area (Å²) in [6.45, 7) is 9.41. The number of amides is 2. The molecule has 0 spiro atoms. The highest BCUT2D eigenvalue weighted by Gasteiger charge is 2.28. The van der Waals surface area contributed by atoms with Gasteiger partial charge in [0.1, 0.15) is 0 Å². The average molecular weight is 446 g/mol. The van der Waals surface area contributed by atoms with Crippen molar-refractivity contribution in [3.05, 3.63) is 29.3 Å². The minimum absolute atomic E-state index is 0.191. The van der Waals surface area contributed by atoms with Crippen molar-refractivity contribution in [3.8, 4) is 0 Å². The zero-order valence-electron chi connectivity index (χ0n) is 19.6. The number of carbonyl (C=O) groups excluding carboxylic acids is 3. The molecular weight excluding hydrogens is 410 g/mol. The van der Waals surface area contributed by atoms with Gasteiger partial charge >= 0.3 is 18.0 Å². The molecule has 2 aliphatic rings. The van der Waals surface area contributed by atoms with Gasteiger partial charge in [-0.25, -0.2) is 14.4 Å². The molecule has 1 aromatic carbocycles. The van der Waals surface area contributed by atoms with Crippen LogP contribution < -0.4 is 5.32 Å². The minimum atomic E-state index is -0.583. The molecule has 1 N–H and O–H groups in total. The summed E-state index contributed by atoms with van der Waals surface area (Å²) in [6, 6.07) is 4.10. The molecule has 2 atom stereocenters. The van der Waals surface area contributed by atoms with Crippen LogP contribution >= 0.6 is 0 Å². The molecule has 2 amide bonds. The van der Waals surface area contributed by atoms with Gasteiger partial charge < -0.3 is 24.6 Å². The van der Waals surface area contributed by atoms with Crippen molar-refractivity contribution < 1.29 is 23.9 Å². The number of methoxy groups -OCH3 is 2. The highest BCUT2D eigenvalue weighted by Crippen LogP contribution is 2.26. The van der Waals surface area contributed by atoms with E-state index in [1.165, 1.54) is 38.8 Å². The third kappa shape index (κ3) is 6.00. The first-order valence-corrected chi connectivity index (χ1v) is 11.4. The smallest absolute Gasteiger partial charge is 0.339 e. The van der Waals surface area contributed by atoms with Crippen LogP contribution in [0.4, 0.5) is 10.5 Å². The van der Waals surface area contributed by atoms with Crippen LogP contribution in [0, 0.1) is 17.8 Å². The van der Waals surface area contributed by atoms with Gasteiger partial charge in [0.05, 0.1) is 31.0 Å². The number of carbonyl (C=O) groups is 3. The van der Waals surface area contributed by atoms with Crippen LogP contribution in [0.25, 0.3) is 0 Å². The van der Waals surface area contributed by atoms with Crippen LogP contribution in [0.2, 0.25) is 0 Å². The van der Waals surface area contributed by atoms with E-state index in [1.807, 2.05) is 0 Å². The highest BCUT2D eigenvalue weighted by atomic mass is 16.5. The number of rotatable bonds is 5. The fraction of sp³-hybridized carbons (Fsp3) is 0.625. The Morgan fingerprint density at radius 1 is 1.00 bits per heavy atom. The van der Waals surface area contributed by atoms with E-state index in [2.05, 4.69) is 24.1 Å². The summed E-state index contributed by atoms with van der Waals surface area (Å²) in [4.78, 5) is 41.2. The number of benzene rings is 1. The summed E-state index contributed by atoms with van der Waals surface area (Å²) in [7, 11) is 2.56. The second-order valence-corrected chi connectivity index (χ2v) is 9.27. The molecule has 176 valence electrons. The van der Waals surface area contributed by atoms with Crippen LogP contribution in [-0.2, 0) is 9.47 Å². The third-order valence-corrected chi connectivity index (χ3v) is 6.45. The Morgan fingerprint density at radius 2 is 1.62 bits per heavy atom. The predicted molar refractivity (Wildman–Crippen MR) is 122 cm³/mol. The maximum Gasteiger partial charge on any atom is 0.339 e. The topological polar surface area (TPSA) is 88.2 Å². The molecule has 8 heteroatoms. The van der Waals surface area contributed by atoms with E-state index in [4.69, 9.17) is 9.47 Å². The molecule has 0 bridgehead atoms. The number of nitrogens with zero attached hydrogens (tertiary/aromatic N) is 2. The first-order chi connectivity index (χ1) is 15.3. The first kappa shape index (κ1) is 24.0. The lowest BCUT2D eigenvalue weighted by atomic mass is 9.89. The molecule has 2 fully saturated rings. The van der Waals surface area contributed by atoms with Crippen molar-refractivity contribution in [3.63, 3.8) is 0 Å². The molecule has 3 rings (SSSR count). The monoisotopic (exact) mass is 445 g/mol. The van der Waals surface area contributed by atoms with E-state index >= 15 is 0 Å². The molecule has 2 heterocycles. The van der Waals surface area contributed by atoms with Gasteiger partial charge in [0, 0.05) is 32.7 Å². The lowest BCUT2D eigenvalue weighted by Crippen LogP contribution is -2.46. The zero-order chi connectivity index (χ0) is 23.3. The Hall–Kier alpha value is -2.61. The molecule has 0 unspecified atom stereocenters. The normalized spacial score (nSPS) is 22.3. The fourth-order valence-electron chi connectivity index (χ4n) is 5.00. The van der Waals surface area contributed by atoms with Crippen LogP contribution in [0.3, 0.4) is 0 Å². The zero-order valence-corrected chi connectivity index (χ0v) is 19.6. The first-order valence-electron chi connectivity index (χ1n) is 11.4. The largest absolute Gasteiger partial charge is 0.465 e. The summed E-state index contributed by atoms with van der Waals surface area (Å²) in [5, 5.41) is 2.79. The number of piperidine rings is 2. The Morgan fingerprint density at radius 3 is 2.22 bits per heavy atom. The van der Waals surface area contributed by atoms with Crippen LogP contribution in [0.5, 0.6) is 0 Å². The van der Waals surface area contributed by atoms with Crippen molar-refractivity contribution in [2.24, 2.45) is 17.8 Å². The van der Waals surface area contributed by atoms with Gasteiger partial charge in [0.15, 0.2) is 0 Å². The second-order valence-electron chi connectivity index (χ2n) is 9.27. The molecular formula is C24H35N3O5. The highest BCUT2D eigenvalue weighted by molar-refractivity contribution is 6.03. The third-order valence-electron chi connectivity index (χ3n) is 6.45. The molecule has 1 aromatic rings. The standard InChI is InChI=1S/C24H35N3O5/c1-16-11-17(2)14-26(13-16)15-18-7-9-27(10-8-18)24(30)25-21-12-19(22(28)31-3)5-6-20(21)23(29)32-4/h5-6,12,16-18H,7-11,13-15H2,1-4H3,(H,25,30)/t16-,17+. The Bertz CT molecular complexity index is 825. The molecule has 2 saturated heterocycles. The molecule has 0 aromatic heterocycles. The molecule has 0 radical (unpaired) electrons. The summed E-state index contributed by atoms with van der Waals surface area (Å²) in [6.07, 6.45) is 3.22. The Kier molecular flexibility index (Phi) is 8.12. The average Bonchev–Trinajstić information content (AvgIpc) is 2.77. The summed E-state index contributed by atoms with van der Waals surface area (Å²) < 4.78 is 9.55. The lowest BCUT2D eigenvalue weighted by molar-refractivity contribution is 0.0587. The number of hydrogen-bond acceptors (Lipinski definition) is 6. The van der Waals surface area contributed by atoms with Gasteiger partial charge in [-0.1, -0.05) is 13.8 Å². The van der Waals surface area contributed by atoms with Gasteiger partial charge in [-0.15, -0.1) is 0 Å². The number of nitrogens with one attached hydrogen (secondary N) is 1. The predicted octanol–water partition coefficient (Wildman–Crippen LogP) is 3.48. The quantitative estimate of drug-likeness (QED) is 0.698. The van der Waals surface area contributed by atoms with Gasteiger partial charge in [-0.3, -0.25) is 0 Å². The maximum atomic E-state index is 12.9. The van der Waals surface area contributed by atoms with Crippen molar-refractivity contribution in [2.75, 3.05) is 52.3 Å². The van der Waals surface area contributed by atoms with E-state index in [0.29, 0.717) is 19.0 Å². The number of esters is 2. The molecule has 8 nitrogen and oxygen atoms in total.